The predicted molar refractivity (Wildman–Crippen MR) is 92.3 cm³/mol. The zero-order chi connectivity index (χ0) is 16.9. The number of hydrogen-bond donors (Lipinski definition) is 0. The van der Waals surface area contributed by atoms with Crippen LogP contribution in [0.2, 0.25) is 0 Å². The van der Waals surface area contributed by atoms with Crippen molar-refractivity contribution in [1.29, 1.82) is 0 Å². The van der Waals surface area contributed by atoms with E-state index >= 15 is 0 Å². The standard InChI is InChI=1S/C20H17FN2O/c1-15-6-4-8-17(12-15)23(14-16-7-5-11-22-13-16)20(24)18-9-2-3-10-19(18)21/h2-13H,14H2,1H3. The van der Waals surface area contributed by atoms with Crippen LogP contribution in [0.4, 0.5) is 10.1 Å². The largest absolute Gasteiger partial charge is 0.304 e. The summed E-state index contributed by atoms with van der Waals surface area (Å²) in [5.74, 6) is -0.895. The van der Waals surface area contributed by atoms with E-state index in [4.69, 9.17) is 0 Å². The van der Waals surface area contributed by atoms with Crippen LogP contribution in [-0.4, -0.2) is 10.9 Å². The van der Waals surface area contributed by atoms with Gasteiger partial charge in [-0.25, -0.2) is 4.39 Å². The van der Waals surface area contributed by atoms with Crippen LogP contribution in [0.15, 0.2) is 73.1 Å². The highest BCUT2D eigenvalue weighted by Crippen LogP contribution is 2.22. The summed E-state index contributed by atoms with van der Waals surface area (Å²) in [7, 11) is 0. The minimum Gasteiger partial charge on any atom is -0.304 e. The minimum atomic E-state index is -0.522. The maximum atomic E-state index is 14.1. The molecule has 0 unspecified atom stereocenters. The monoisotopic (exact) mass is 320 g/mol. The van der Waals surface area contributed by atoms with Gasteiger partial charge in [-0.2, -0.15) is 0 Å². The van der Waals surface area contributed by atoms with Gasteiger partial charge in [0.05, 0.1) is 12.1 Å². The molecule has 4 heteroatoms. The van der Waals surface area contributed by atoms with Gasteiger partial charge >= 0.3 is 0 Å². The number of anilines is 1. The SMILES string of the molecule is Cc1cccc(N(Cc2cccnc2)C(=O)c2ccccc2F)c1. The molecule has 0 aliphatic rings. The summed E-state index contributed by atoms with van der Waals surface area (Å²) >= 11 is 0. The maximum absolute atomic E-state index is 14.1. The number of nitrogens with zero attached hydrogens (tertiary/aromatic N) is 2. The Labute approximate surface area is 140 Å². The zero-order valence-electron chi connectivity index (χ0n) is 13.3. The molecule has 0 saturated heterocycles. The highest BCUT2D eigenvalue weighted by atomic mass is 19.1. The fourth-order valence-corrected chi connectivity index (χ4v) is 2.53. The molecule has 3 aromatic rings. The van der Waals surface area contributed by atoms with Gasteiger partial charge in [-0.05, 0) is 48.4 Å². The molecule has 2 aromatic carbocycles. The Bertz CT molecular complexity index is 849. The number of aryl methyl sites for hydroxylation is 1. The van der Waals surface area contributed by atoms with E-state index in [0.717, 1.165) is 16.8 Å². The molecule has 3 nitrogen and oxygen atoms in total. The number of carbonyl (C=O) groups excluding carboxylic acids is 1. The van der Waals surface area contributed by atoms with E-state index in [0.29, 0.717) is 6.54 Å². The number of pyridine rings is 1. The molecule has 1 aromatic heterocycles. The van der Waals surface area contributed by atoms with Gasteiger partial charge in [-0.15, -0.1) is 0 Å². The molecule has 0 aliphatic heterocycles. The summed E-state index contributed by atoms with van der Waals surface area (Å²) in [4.78, 5) is 18.6. The van der Waals surface area contributed by atoms with Crippen LogP contribution in [0.25, 0.3) is 0 Å². The van der Waals surface area contributed by atoms with Crippen molar-refractivity contribution in [1.82, 2.24) is 4.98 Å². The van der Waals surface area contributed by atoms with Gasteiger partial charge in [-0.1, -0.05) is 30.3 Å². The van der Waals surface area contributed by atoms with E-state index in [1.165, 1.54) is 12.1 Å². The fraction of sp³-hybridized carbons (Fsp3) is 0.100. The second-order valence-corrected chi connectivity index (χ2v) is 5.57. The molecule has 0 radical (unpaired) electrons. The molecule has 1 heterocycles. The molecule has 24 heavy (non-hydrogen) atoms. The van der Waals surface area contributed by atoms with Crippen molar-refractivity contribution in [2.24, 2.45) is 0 Å². The Morgan fingerprint density at radius 1 is 1.08 bits per heavy atom. The van der Waals surface area contributed by atoms with Crippen molar-refractivity contribution in [3.63, 3.8) is 0 Å². The summed E-state index contributed by atoms with van der Waals surface area (Å²) in [5, 5.41) is 0. The van der Waals surface area contributed by atoms with Crippen LogP contribution in [-0.2, 0) is 6.54 Å². The van der Waals surface area contributed by atoms with Crippen molar-refractivity contribution in [2.45, 2.75) is 13.5 Å². The highest BCUT2D eigenvalue weighted by Gasteiger charge is 2.21. The number of hydrogen-bond acceptors (Lipinski definition) is 2. The predicted octanol–water partition coefficient (Wildman–Crippen LogP) is 4.38. The number of amides is 1. The van der Waals surface area contributed by atoms with E-state index in [9.17, 15) is 9.18 Å². The molecule has 0 spiro atoms. The molecule has 1 amide bonds. The number of aromatic nitrogens is 1. The molecule has 0 N–H and O–H groups in total. The summed E-state index contributed by atoms with van der Waals surface area (Å²) < 4.78 is 14.1. The van der Waals surface area contributed by atoms with E-state index < -0.39 is 5.82 Å². The molecular formula is C20H17FN2O. The van der Waals surface area contributed by atoms with Crippen molar-refractivity contribution >= 4 is 11.6 Å². The Kier molecular flexibility index (Phi) is 4.66. The smallest absolute Gasteiger partial charge is 0.261 e. The zero-order valence-corrected chi connectivity index (χ0v) is 13.3. The first-order chi connectivity index (χ1) is 11.6. The van der Waals surface area contributed by atoms with E-state index in [1.54, 1.807) is 29.4 Å². The average molecular weight is 320 g/mol. The second kappa shape index (κ2) is 7.04. The van der Waals surface area contributed by atoms with Gasteiger partial charge in [-0.3, -0.25) is 9.78 Å². The topological polar surface area (TPSA) is 33.2 Å². The minimum absolute atomic E-state index is 0.0582. The van der Waals surface area contributed by atoms with Gasteiger partial charge in [0.1, 0.15) is 5.82 Å². The van der Waals surface area contributed by atoms with Gasteiger partial charge in [0.25, 0.3) is 5.91 Å². The molecular weight excluding hydrogens is 303 g/mol. The van der Waals surface area contributed by atoms with Gasteiger partial charge in [0.2, 0.25) is 0 Å². The van der Waals surface area contributed by atoms with Crippen LogP contribution in [0.5, 0.6) is 0 Å². The van der Waals surface area contributed by atoms with Crippen molar-refractivity contribution in [3.8, 4) is 0 Å². The first kappa shape index (κ1) is 15.9. The van der Waals surface area contributed by atoms with Gasteiger partial charge in [0, 0.05) is 18.1 Å². The van der Waals surface area contributed by atoms with Crippen molar-refractivity contribution < 1.29 is 9.18 Å². The molecule has 0 bridgehead atoms. The Balaban J connectivity index is 2.01. The first-order valence-corrected chi connectivity index (χ1v) is 7.67. The van der Waals surface area contributed by atoms with Crippen LogP contribution in [0, 0.1) is 12.7 Å². The lowest BCUT2D eigenvalue weighted by Crippen LogP contribution is -2.31. The maximum Gasteiger partial charge on any atom is 0.261 e. The molecule has 0 aliphatic carbocycles. The lowest BCUT2D eigenvalue weighted by Gasteiger charge is -2.23. The third kappa shape index (κ3) is 3.49. The van der Waals surface area contributed by atoms with Crippen molar-refractivity contribution in [2.75, 3.05) is 4.90 Å². The molecule has 0 saturated carbocycles. The molecule has 3 rings (SSSR count). The molecule has 120 valence electrons. The Morgan fingerprint density at radius 2 is 1.92 bits per heavy atom. The number of rotatable bonds is 4. The quantitative estimate of drug-likeness (QED) is 0.715. The number of benzene rings is 2. The van der Waals surface area contributed by atoms with Crippen molar-refractivity contribution in [3.05, 3.63) is 95.6 Å². The lowest BCUT2D eigenvalue weighted by molar-refractivity contribution is 0.0981. The average Bonchev–Trinajstić information content (AvgIpc) is 2.60. The first-order valence-electron chi connectivity index (χ1n) is 7.67. The number of halogens is 1. The van der Waals surface area contributed by atoms with E-state index in [2.05, 4.69) is 4.98 Å². The van der Waals surface area contributed by atoms with E-state index in [-0.39, 0.29) is 11.5 Å². The Morgan fingerprint density at radius 3 is 2.62 bits per heavy atom. The fourth-order valence-electron chi connectivity index (χ4n) is 2.53. The number of carbonyl (C=O) groups is 1. The molecule has 0 fully saturated rings. The highest BCUT2D eigenvalue weighted by molar-refractivity contribution is 6.06. The van der Waals surface area contributed by atoms with Gasteiger partial charge < -0.3 is 4.90 Å². The molecule has 0 atom stereocenters. The summed E-state index contributed by atoms with van der Waals surface area (Å²) in [6, 6.07) is 17.3. The summed E-state index contributed by atoms with van der Waals surface area (Å²) in [6.45, 7) is 2.28. The summed E-state index contributed by atoms with van der Waals surface area (Å²) in [5.41, 5.74) is 2.70. The van der Waals surface area contributed by atoms with Crippen LogP contribution >= 0.6 is 0 Å². The lowest BCUT2D eigenvalue weighted by atomic mass is 10.1. The Hall–Kier alpha value is -3.01. The third-order valence-electron chi connectivity index (χ3n) is 3.73. The second-order valence-electron chi connectivity index (χ2n) is 5.57. The van der Waals surface area contributed by atoms with Gasteiger partial charge in [0.15, 0.2) is 0 Å². The summed E-state index contributed by atoms with van der Waals surface area (Å²) in [6.07, 6.45) is 3.39. The van der Waals surface area contributed by atoms with Crippen LogP contribution in [0.3, 0.4) is 0 Å². The van der Waals surface area contributed by atoms with E-state index in [1.807, 2.05) is 43.3 Å². The normalized spacial score (nSPS) is 10.4. The van der Waals surface area contributed by atoms with Crippen LogP contribution < -0.4 is 4.90 Å². The van der Waals surface area contributed by atoms with Crippen LogP contribution in [0.1, 0.15) is 21.5 Å². The third-order valence-corrected chi connectivity index (χ3v) is 3.73.